The lowest BCUT2D eigenvalue weighted by molar-refractivity contribution is 0.0708. The number of likely N-dealkylation sites (N-methyl/N-ethyl adjacent to an activating group) is 1. The minimum absolute atomic E-state index is 0.317. The smallest absolute Gasteiger partial charge is 0.377 e. The molecular formula is C24H55N3O6Si3. The van der Waals surface area contributed by atoms with Gasteiger partial charge in [0.2, 0.25) is 0 Å². The highest BCUT2D eigenvalue weighted by molar-refractivity contribution is 6.73. The summed E-state index contributed by atoms with van der Waals surface area (Å²) in [4.78, 5) is 5.01. The summed E-state index contributed by atoms with van der Waals surface area (Å²) < 4.78 is 35.6. The summed E-state index contributed by atoms with van der Waals surface area (Å²) in [5.41, 5.74) is 0. The minimum Gasteiger partial charge on any atom is -0.377 e. The van der Waals surface area contributed by atoms with Crippen molar-refractivity contribution in [1.29, 1.82) is 0 Å². The zero-order valence-corrected chi connectivity index (χ0v) is 27.2. The van der Waals surface area contributed by atoms with Crippen LogP contribution in [0.4, 0.5) is 0 Å². The van der Waals surface area contributed by atoms with Gasteiger partial charge in [0, 0.05) is 78.5 Å². The summed E-state index contributed by atoms with van der Waals surface area (Å²) in [7, 11) is 2.86. The fourth-order valence-electron chi connectivity index (χ4n) is 4.73. The standard InChI is InChI=1S/C24H55N3O6Si3/c1-8-31-35(32-9-2,33-10-3)22-14-16-25-23-34-24(36(28-5,29-6)30-7)15-12-11-13-17-27-20-18-26(4)19-21-27/h24-25H,8-23H2,1-7H3. The van der Waals surface area contributed by atoms with Gasteiger partial charge in [-0.1, -0.05) is 12.8 Å². The van der Waals surface area contributed by atoms with Gasteiger partial charge in [-0.2, -0.15) is 0 Å². The molecule has 1 aliphatic heterocycles. The Morgan fingerprint density at radius 2 is 1.39 bits per heavy atom. The molecule has 1 atom stereocenters. The van der Waals surface area contributed by atoms with E-state index in [1.54, 1.807) is 21.3 Å². The Morgan fingerprint density at radius 3 is 1.92 bits per heavy atom. The van der Waals surface area contributed by atoms with E-state index in [4.69, 9.17) is 26.6 Å². The van der Waals surface area contributed by atoms with Crippen LogP contribution in [0.1, 0.15) is 52.9 Å². The van der Waals surface area contributed by atoms with Crippen LogP contribution in [-0.2, 0) is 26.6 Å². The number of rotatable bonds is 23. The van der Waals surface area contributed by atoms with Gasteiger partial charge in [-0.05, 0) is 66.3 Å². The van der Waals surface area contributed by atoms with E-state index >= 15 is 0 Å². The third-order valence-corrected chi connectivity index (χ3v) is 15.7. The highest BCUT2D eigenvalue weighted by Crippen LogP contribution is 2.28. The summed E-state index contributed by atoms with van der Waals surface area (Å²) in [5.74, 6) is 0. The van der Waals surface area contributed by atoms with Crippen LogP contribution < -0.4 is 5.32 Å². The van der Waals surface area contributed by atoms with Crippen molar-refractivity contribution in [2.24, 2.45) is 0 Å². The predicted octanol–water partition coefficient (Wildman–Crippen LogP) is 2.69. The van der Waals surface area contributed by atoms with Crippen molar-refractivity contribution >= 4 is 27.1 Å². The Hall–Kier alpha value is 0.291. The summed E-state index contributed by atoms with van der Waals surface area (Å²) in [5, 5.41) is 3.94. The average molecular weight is 566 g/mol. The predicted molar refractivity (Wildman–Crippen MR) is 152 cm³/mol. The Kier molecular flexibility index (Phi) is 19.3. The number of hydrogen-bond acceptors (Lipinski definition) is 9. The van der Waals surface area contributed by atoms with Gasteiger partial charge in [0.15, 0.2) is 0 Å². The zero-order valence-electron chi connectivity index (χ0n) is 24.2. The van der Waals surface area contributed by atoms with E-state index < -0.39 is 17.6 Å². The van der Waals surface area contributed by atoms with Gasteiger partial charge < -0.3 is 41.7 Å². The second kappa shape index (κ2) is 20.2. The molecule has 12 heteroatoms. The van der Waals surface area contributed by atoms with E-state index in [0.717, 1.165) is 31.6 Å². The fraction of sp³-hybridized carbons (Fsp3) is 1.00. The highest BCUT2D eigenvalue weighted by Gasteiger charge is 2.46. The first kappa shape index (κ1) is 34.3. The number of nitrogens with one attached hydrogen (secondary N) is 1. The molecule has 1 fully saturated rings. The summed E-state index contributed by atoms with van der Waals surface area (Å²) in [6.45, 7) is 14.8. The summed E-state index contributed by atoms with van der Waals surface area (Å²) >= 11 is 0. The first-order chi connectivity index (χ1) is 17.4. The molecule has 2 radical (unpaired) electrons. The lowest BCUT2D eigenvalue weighted by atomic mass is 10.2. The molecule has 1 N–H and O–H groups in total. The van der Waals surface area contributed by atoms with Crippen molar-refractivity contribution in [2.75, 3.05) is 93.6 Å². The first-order valence-electron chi connectivity index (χ1n) is 13.9. The monoisotopic (exact) mass is 565 g/mol. The normalized spacial score (nSPS) is 17.1. The third kappa shape index (κ3) is 12.4. The van der Waals surface area contributed by atoms with Crippen molar-refractivity contribution in [3.05, 3.63) is 0 Å². The van der Waals surface area contributed by atoms with Crippen molar-refractivity contribution in [3.8, 4) is 0 Å². The van der Waals surface area contributed by atoms with E-state index in [2.05, 4.69) is 22.2 Å². The SMILES string of the molecule is CCO[Si](CCCNC[Si]C(CCCCCN1CCN(C)CC1)[Si](OC)(OC)OC)(OCC)OCC. The number of nitrogens with zero attached hydrogens (tertiary/aromatic N) is 2. The molecule has 36 heavy (non-hydrogen) atoms. The topological polar surface area (TPSA) is 73.9 Å². The Morgan fingerprint density at radius 1 is 0.806 bits per heavy atom. The summed E-state index contributed by atoms with van der Waals surface area (Å²) in [6.07, 6.45) is 6.66. The molecule has 1 saturated heterocycles. The maximum atomic E-state index is 5.97. The van der Waals surface area contributed by atoms with Crippen LogP contribution >= 0.6 is 0 Å². The Bertz CT molecular complexity index is 504. The van der Waals surface area contributed by atoms with Crippen molar-refractivity contribution in [1.82, 2.24) is 15.1 Å². The van der Waals surface area contributed by atoms with Crippen LogP contribution in [0.15, 0.2) is 0 Å². The molecule has 1 aliphatic rings. The number of hydrogen-bond donors (Lipinski definition) is 1. The molecular weight excluding hydrogens is 511 g/mol. The minimum atomic E-state index is -2.67. The molecule has 9 nitrogen and oxygen atoms in total. The Balaban J connectivity index is 2.44. The van der Waals surface area contributed by atoms with Gasteiger partial charge in [0.05, 0.1) is 9.52 Å². The molecule has 0 saturated carbocycles. The molecule has 1 unspecified atom stereocenters. The lowest BCUT2D eigenvalue weighted by Gasteiger charge is -2.33. The van der Waals surface area contributed by atoms with Gasteiger partial charge in [0.25, 0.3) is 0 Å². The summed E-state index contributed by atoms with van der Waals surface area (Å²) in [6, 6.07) is 0.836. The van der Waals surface area contributed by atoms with Crippen molar-refractivity contribution < 1.29 is 26.6 Å². The van der Waals surface area contributed by atoms with Gasteiger partial charge in [0.1, 0.15) is 0 Å². The van der Waals surface area contributed by atoms with Crippen LogP contribution in [0.25, 0.3) is 0 Å². The number of unbranched alkanes of at least 4 members (excludes halogenated alkanes) is 2. The van der Waals surface area contributed by atoms with E-state index in [1.807, 2.05) is 20.8 Å². The molecule has 1 rings (SSSR count). The third-order valence-electron chi connectivity index (χ3n) is 6.75. The average Bonchev–Trinajstić information content (AvgIpc) is 2.88. The maximum absolute atomic E-state index is 5.97. The zero-order chi connectivity index (χ0) is 26.7. The van der Waals surface area contributed by atoms with E-state index in [1.165, 1.54) is 52.0 Å². The molecule has 0 spiro atoms. The van der Waals surface area contributed by atoms with Gasteiger partial charge in [-0.3, -0.25) is 0 Å². The van der Waals surface area contributed by atoms with Crippen LogP contribution in [0.5, 0.6) is 0 Å². The highest BCUT2D eigenvalue weighted by atomic mass is 28.4. The molecule has 0 aromatic carbocycles. The maximum Gasteiger partial charge on any atom is 0.500 e. The molecule has 0 bridgehead atoms. The molecule has 0 amide bonds. The first-order valence-corrected chi connectivity index (χ1v) is 18.9. The van der Waals surface area contributed by atoms with Gasteiger partial charge >= 0.3 is 17.6 Å². The molecule has 1 heterocycles. The number of piperazine rings is 1. The second-order valence-corrected chi connectivity index (χ2v) is 17.1. The van der Waals surface area contributed by atoms with Crippen molar-refractivity contribution in [3.63, 3.8) is 0 Å². The van der Waals surface area contributed by atoms with Crippen LogP contribution in [0, 0.1) is 0 Å². The quantitative estimate of drug-likeness (QED) is 0.149. The van der Waals surface area contributed by atoms with Crippen LogP contribution in [-0.4, -0.2) is 131 Å². The molecule has 0 aliphatic carbocycles. The molecule has 0 aromatic heterocycles. The van der Waals surface area contributed by atoms with Crippen LogP contribution in [0.2, 0.25) is 11.2 Å². The second-order valence-electron chi connectivity index (χ2n) is 9.23. The Labute approximate surface area is 226 Å². The largest absolute Gasteiger partial charge is 0.500 e. The fourth-order valence-corrected chi connectivity index (χ4v) is 12.6. The van der Waals surface area contributed by atoms with Gasteiger partial charge in [-0.15, -0.1) is 0 Å². The van der Waals surface area contributed by atoms with Crippen LogP contribution in [0.3, 0.4) is 0 Å². The van der Waals surface area contributed by atoms with E-state index in [-0.39, 0.29) is 0 Å². The van der Waals surface area contributed by atoms with Crippen molar-refractivity contribution in [2.45, 2.75) is 64.1 Å². The van der Waals surface area contributed by atoms with E-state index in [0.29, 0.717) is 34.5 Å². The lowest BCUT2D eigenvalue weighted by Crippen LogP contribution is -2.51. The van der Waals surface area contributed by atoms with Gasteiger partial charge in [-0.25, -0.2) is 0 Å². The molecule has 0 aromatic rings. The molecule has 214 valence electrons. The van der Waals surface area contributed by atoms with E-state index in [9.17, 15) is 0 Å².